The predicted molar refractivity (Wildman–Crippen MR) is 66.5 cm³/mol. The Morgan fingerprint density at radius 3 is 3.07 bits per heavy atom. The molecule has 1 fully saturated rings. The zero-order valence-corrected chi connectivity index (χ0v) is 10.4. The predicted octanol–water partition coefficient (Wildman–Crippen LogP) is 2.32. The maximum atomic E-state index is 3.45. The van der Waals surface area contributed by atoms with Crippen LogP contribution in [-0.2, 0) is 0 Å². The number of nitrogens with one attached hydrogen (secondary N) is 2. The summed E-state index contributed by atoms with van der Waals surface area (Å²) in [6.07, 6.45) is 2.60. The van der Waals surface area contributed by atoms with Gasteiger partial charge < -0.3 is 10.6 Å². The normalized spacial score (nSPS) is 23.2. The third-order valence-corrected chi connectivity index (χ3v) is 4.43. The van der Waals surface area contributed by atoms with Gasteiger partial charge in [0, 0.05) is 10.9 Å². The highest BCUT2D eigenvalue weighted by Crippen LogP contribution is 2.30. The van der Waals surface area contributed by atoms with Crippen LogP contribution in [0.15, 0.2) is 11.4 Å². The molecular formula is C12H20N2S. The van der Waals surface area contributed by atoms with Crippen LogP contribution in [0.25, 0.3) is 0 Å². The molecule has 0 radical (unpaired) electrons. The van der Waals surface area contributed by atoms with E-state index in [0.29, 0.717) is 6.04 Å². The van der Waals surface area contributed by atoms with Gasteiger partial charge in [0.2, 0.25) is 0 Å². The fourth-order valence-corrected chi connectivity index (χ4v) is 3.40. The molecule has 0 aromatic carbocycles. The Kier molecular flexibility index (Phi) is 3.78. The van der Waals surface area contributed by atoms with Crippen LogP contribution in [0.2, 0.25) is 0 Å². The molecule has 0 spiro atoms. The Labute approximate surface area is 96.1 Å². The summed E-state index contributed by atoms with van der Waals surface area (Å²) in [5.74, 6) is 0.851. The van der Waals surface area contributed by atoms with Crippen LogP contribution in [0, 0.1) is 12.8 Å². The van der Waals surface area contributed by atoms with E-state index in [1.54, 1.807) is 0 Å². The molecule has 0 bridgehead atoms. The average molecular weight is 224 g/mol. The van der Waals surface area contributed by atoms with E-state index in [2.05, 4.69) is 36.1 Å². The van der Waals surface area contributed by atoms with Crippen LogP contribution in [0.1, 0.15) is 29.3 Å². The van der Waals surface area contributed by atoms with Crippen LogP contribution in [0.5, 0.6) is 0 Å². The summed E-state index contributed by atoms with van der Waals surface area (Å²) in [5.41, 5.74) is 1.44. The first-order valence-corrected chi connectivity index (χ1v) is 6.61. The number of aryl methyl sites for hydroxylation is 1. The van der Waals surface area contributed by atoms with Gasteiger partial charge in [0.25, 0.3) is 0 Å². The van der Waals surface area contributed by atoms with E-state index in [1.807, 2.05) is 11.3 Å². The fourth-order valence-electron chi connectivity index (χ4n) is 2.35. The third-order valence-electron chi connectivity index (χ3n) is 3.30. The number of rotatable bonds is 4. The molecular weight excluding hydrogens is 204 g/mol. The van der Waals surface area contributed by atoms with Crippen molar-refractivity contribution in [3.8, 4) is 0 Å². The van der Waals surface area contributed by atoms with Crippen molar-refractivity contribution in [2.45, 2.75) is 25.8 Å². The lowest BCUT2D eigenvalue weighted by molar-refractivity contribution is 0.434. The highest BCUT2D eigenvalue weighted by atomic mass is 32.1. The van der Waals surface area contributed by atoms with E-state index in [9.17, 15) is 0 Å². The van der Waals surface area contributed by atoms with Crippen molar-refractivity contribution >= 4 is 11.3 Å². The molecule has 2 atom stereocenters. The molecule has 2 rings (SSSR count). The maximum absolute atomic E-state index is 3.45. The van der Waals surface area contributed by atoms with Gasteiger partial charge in [0.1, 0.15) is 0 Å². The number of hydrogen-bond acceptors (Lipinski definition) is 3. The van der Waals surface area contributed by atoms with Crippen molar-refractivity contribution in [2.24, 2.45) is 5.92 Å². The topological polar surface area (TPSA) is 24.1 Å². The minimum absolute atomic E-state index is 0.551. The largest absolute Gasteiger partial charge is 0.316 e. The average Bonchev–Trinajstić information content (AvgIpc) is 2.85. The lowest BCUT2D eigenvalue weighted by atomic mass is 9.97. The number of thiophene rings is 1. The monoisotopic (exact) mass is 224 g/mol. The van der Waals surface area contributed by atoms with Crippen molar-refractivity contribution in [1.29, 1.82) is 0 Å². The first kappa shape index (κ1) is 11.1. The molecule has 2 nitrogen and oxygen atoms in total. The molecule has 15 heavy (non-hydrogen) atoms. The SMILES string of the molecule is CNC(CC1CCNC1)c1sccc1C. The zero-order chi connectivity index (χ0) is 10.7. The summed E-state index contributed by atoms with van der Waals surface area (Å²) in [5, 5.41) is 9.09. The smallest absolute Gasteiger partial charge is 0.0418 e. The van der Waals surface area contributed by atoms with Crippen LogP contribution in [0.3, 0.4) is 0 Å². The first-order chi connectivity index (χ1) is 7.31. The van der Waals surface area contributed by atoms with E-state index in [1.165, 1.54) is 36.4 Å². The van der Waals surface area contributed by atoms with Crippen molar-refractivity contribution in [1.82, 2.24) is 10.6 Å². The van der Waals surface area contributed by atoms with Gasteiger partial charge in [-0.2, -0.15) is 0 Å². The highest BCUT2D eigenvalue weighted by molar-refractivity contribution is 7.10. The van der Waals surface area contributed by atoms with Crippen LogP contribution in [0.4, 0.5) is 0 Å². The Hall–Kier alpha value is -0.380. The summed E-state index contributed by atoms with van der Waals surface area (Å²) < 4.78 is 0. The summed E-state index contributed by atoms with van der Waals surface area (Å²) in [4.78, 5) is 1.52. The summed E-state index contributed by atoms with van der Waals surface area (Å²) in [7, 11) is 2.08. The maximum Gasteiger partial charge on any atom is 0.0418 e. The van der Waals surface area contributed by atoms with E-state index in [-0.39, 0.29) is 0 Å². The van der Waals surface area contributed by atoms with Crippen LogP contribution >= 0.6 is 11.3 Å². The Morgan fingerprint density at radius 1 is 1.67 bits per heavy atom. The summed E-state index contributed by atoms with van der Waals surface area (Å²) in [6.45, 7) is 4.61. The van der Waals surface area contributed by atoms with Crippen LogP contribution in [-0.4, -0.2) is 20.1 Å². The Bertz CT molecular complexity index is 302. The lowest BCUT2D eigenvalue weighted by Gasteiger charge is -2.19. The molecule has 0 saturated carbocycles. The van der Waals surface area contributed by atoms with E-state index in [4.69, 9.17) is 0 Å². The van der Waals surface area contributed by atoms with Gasteiger partial charge in [-0.1, -0.05) is 0 Å². The molecule has 1 saturated heterocycles. The first-order valence-electron chi connectivity index (χ1n) is 5.73. The second-order valence-corrected chi connectivity index (χ2v) is 5.35. The molecule has 3 heteroatoms. The Balaban J connectivity index is 2.00. The second kappa shape index (κ2) is 5.10. The lowest BCUT2D eigenvalue weighted by Crippen LogP contribution is -2.20. The molecule has 0 amide bonds. The van der Waals surface area contributed by atoms with Crippen molar-refractivity contribution in [3.63, 3.8) is 0 Å². The minimum Gasteiger partial charge on any atom is -0.316 e. The molecule has 2 heterocycles. The highest BCUT2D eigenvalue weighted by Gasteiger charge is 2.21. The standard InChI is InChI=1S/C12H20N2S/c1-9-4-6-15-12(9)11(13-2)7-10-3-5-14-8-10/h4,6,10-11,13-14H,3,5,7-8H2,1-2H3. The van der Waals surface area contributed by atoms with Gasteiger partial charge >= 0.3 is 0 Å². The van der Waals surface area contributed by atoms with Crippen LogP contribution < -0.4 is 10.6 Å². The van der Waals surface area contributed by atoms with Gasteiger partial charge in [-0.3, -0.25) is 0 Å². The van der Waals surface area contributed by atoms with E-state index in [0.717, 1.165) is 5.92 Å². The molecule has 2 unspecified atom stereocenters. The molecule has 2 N–H and O–H groups in total. The Morgan fingerprint density at radius 2 is 2.53 bits per heavy atom. The minimum atomic E-state index is 0.551. The molecule has 1 aromatic rings. The van der Waals surface area contributed by atoms with E-state index < -0.39 is 0 Å². The number of hydrogen-bond donors (Lipinski definition) is 2. The summed E-state index contributed by atoms with van der Waals surface area (Å²) in [6, 6.07) is 2.77. The van der Waals surface area contributed by atoms with Crippen molar-refractivity contribution < 1.29 is 0 Å². The van der Waals surface area contributed by atoms with Gasteiger partial charge in [-0.15, -0.1) is 11.3 Å². The molecule has 0 aliphatic carbocycles. The zero-order valence-electron chi connectivity index (χ0n) is 9.55. The quantitative estimate of drug-likeness (QED) is 0.820. The second-order valence-electron chi connectivity index (χ2n) is 4.40. The third kappa shape index (κ3) is 2.60. The van der Waals surface area contributed by atoms with Crippen molar-refractivity contribution in [3.05, 3.63) is 21.9 Å². The van der Waals surface area contributed by atoms with Gasteiger partial charge in [0.15, 0.2) is 0 Å². The molecule has 1 aliphatic rings. The van der Waals surface area contributed by atoms with E-state index >= 15 is 0 Å². The molecule has 1 aliphatic heterocycles. The fraction of sp³-hybridized carbons (Fsp3) is 0.667. The van der Waals surface area contributed by atoms with Gasteiger partial charge in [-0.25, -0.2) is 0 Å². The summed E-state index contributed by atoms with van der Waals surface area (Å²) >= 11 is 1.88. The molecule has 1 aromatic heterocycles. The molecule has 84 valence electrons. The van der Waals surface area contributed by atoms with Gasteiger partial charge in [-0.05, 0) is 62.8 Å². The van der Waals surface area contributed by atoms with Crippen molar-refractivity contribution in [2.75, 3.05) is 20.1 Å². The van der Waals surface area contributed by atoms with Gasteiger partial charge in [0.05, 0.1) is 0 Å².